The van der Waals surface area contributed by atoms with Crippen LogP contribution in [0.15, 0.2) is 107 Å². The summed E-state index contributed by atoms with van der Waals surface area (Å²) >= 11 is 0. The fourth-order valence-electron chi connectivity index (χ4n) is 6.63. The number of aromatic amines is 1. The highest BCUT2D eigenvalue weighted by atomic mass is 32.2. The molecular weight excluding hydrogens is 685 g/mol. The molecular formula is C34H38N4O8S2Si. The Kier molecular flexibility index (Phi) is 9.04. The van der Waals surface area contributed by atoms with E-state index in [0.717, 1.165) is 28.5 Å². The van der Waals surface area contributed by atoms with Gasteiger partial charge in [0.15, 0.2) is 11.2 Å². The lowest BCUT2D eigenvalue weighted by Crippen LogP contribution is -2.67. The molecule has 3 atom stereocenters. The van der Waals surface area contributed by atoms with Crippen molar-refractivity contribution in [1.29, 1.82) is 0 Å². The summed E-state index contributed by atoms with van der Waals surface area (Å²) in [6.45, 7) is 7.87. The van der Waals surface area contributed by atoms with E-state index in [2.05, 4.69) is 35.7 Å². The first-order valence-corrected chi connectivity index (χ1v) is 20.8. The lowest BCUT2D eigenvalue weighted by molar-refractivity contribution is -0.0603. The van der Waals surface area contributed by atoms with Crippen LogP contribution in [-0.2, 0) is 38.4 Å². The molecule has 3 heterocycles. The quantitative estimate of drug-likeness (QED) is 0.168. The van der Waals surface area contributed by atoms with E-state index in [1.54, 1.807) is 12.1 Å². The van der Waals surface area contributed by atoms with E-state index in [1.807, 2.05) is 67.6 Å². The van der Waals surface area contributed by atoms with Crippen LogP contribution in [0.25, 0.3) is 11.2 Å². The highest BCUT2D eigenvalue weighted by molar-refractivity contribution is 7.92. The zero-order valence-electron chi connectivity index (χ0n) is 27.7. The average molecular weight is 723 g/mol. The van der Waals surface area contributed by atoms with Gasteiger partial charge in [0.1, 0.15) is 18.5 Å². The van der Waals surface area contributed by atoms with E-state index in [4.69, 9.17) is 13.3 Å². The van der Waals surface area contributed by atoms with Crippen LogP contribution in [0.3, 0.4) is 0 Å². The Morgan fingerprint density at radius 1 is 0.939 bits per heavy atom. The number of nitrogens with zero attached hydrogens (tertiary/aromatic N) is 3. The molecule has 15 heteroatoms. The Morgan fingerprint density at radius 2 is 1.53 bits per heavy atom. The van der Waals surface area contributed by atoms with Crippen molar-refractivity contribution in [2.24, 2.45) is 0 Å². The zero-order chi connectivity index (χ0) is 35.2. The first-order valence-electron chi connectivity index (χ1n) is 15.6. The molecule has 1 saturated heterocycles. The normalized spacial score (nSPS) is 20.5. The van der Waals surface area contributed by atoms with Crippen molar-refractivity contribution in [3.63, 3.8) is 0 Å². The first kappa shape index (κ1) is 34.9. The van der Waals surface area contributed by atoms with Crippen molar-refractivity contribution < 1.29 is 30.2 Å². The van der Waals surface area contributed by atoms with Gasteiger partial charge in [-0.15, -0.1) is 0 Å². The van der Waals surface area contributed by atoms with Gasteiger partial charge in [0, 0.05) is 6.42 Å². The summed E-state index contributed by atoms with van der Waals surface area (Å²) in [6, 6.07) is 25.9. The average Bonchev–Trinajstić information content (AvgIpc) is 3.65. The SMILES string of the molecule is Cc1ccc(S(=O)(=O)[C@]2(n3cnc4c(=O)[nH]cnc43)C[C@H](OS(C)(=O)=O)[C@@H](CO[Si](c3ccccc3)(c3ccccc3)C(C)(C)C)O2)cc1. The molecule has 49 heavy (non-hydrogen) atoms. The maximum absolute atomic E-state index is 14.8. The minimum atomic E-state index is -4.52. The molecule has 0 radical (unpaired) electrons. The van der Waals surface area contributed by atoms with Gasteiger partial charge in [-0.3, -0.25) is 13.5 Å². The summed E-state index contributed by atoms with van der Waals surface area (Å²) in [5.41, 5.74) is 0.0693. The Balaban J connectivity index is 1.53. The summed E-state index contributed by atoms with van der Waals surface area (Å²) in [7, 11) is -11.8. The zero-order valence-corrected chi connectivity index (χ0v) is 30.4. The van der Waals surface area contributed by atoms with E-state index in [9.17, 15) is 21.6 Å². The van der Waals surface area contributed by atoms with E-state index in [0.29, 0.717) is 0 Å². The number of H-pyrrole nitrogens is 1. The minimum absolute atomic E-state index is 0.0638. The summed E-state index contributed by atoms with van der Waals surface area (Å²) in [5, 5.41) is -0.838. The monoisotopic (exact) mass is 722 g/mol. The third-order valence-corrected chi connectivity index (χ3v) is 16.6. The maximum Gasteiger partial charge on any atom is 0.278 e. The number of aromatic nitrogens is 4. The number of benzene rings is 3. The smallest absolute Gasteiger partial charge is 0.278 e. The molecule has 1 aliphatic rings. The lowest BCUT2D eigenvalue weighted by Gasteiger charge is -2.43. The fraction of sp³-hybridized carbons (Fsp3) is 0.324. The number of rotatable bonds is 10. The molecule has 6 rings (SSSR count). The summed E-state index contributed by atoms with van der Waals surface area (Å²) in [6.07, 6.45) is 0.198. The molecule has 0 aliphatic carbocycles. The molecule has 1 N–H and O–H groups in total. The summed E-state index contributed by atoms with van der Waals surface area (Å²) < 4.78 is 75.6. The van der Waals surface area contributed by atoms with Crippen molar-refractivity contribution in [1.82, 2.24) is 19.5 Å². The molecule has 3 aromatic carbocycles. The molecule has 2 aromatic heterocycles. The van der Waals surface area contributed by atoms with E-state index in [-0.39, 0.29) is 22.7 Å². The number of imidazole rings is 1. The Morgan fingerprint density at radius 3 is 2.08 bits per heavy atom. The topological polar surface area (TPSA) is 160 Å². The molecule has 1 fully saturated rings. The number of hydrogen-bond donors (Lipinski definition) is 1. The highest BCUT2D eigenvalue weighted by Crippen LogP contribution is 2.46. The second kappa shape index (κ2) is 12.7. The number of nitrogens with one attached hydrogen (secondary N) is 1. The summed E-state index contributed by atoms with van der Waals surface area (Å²) in [4.78, 5) is 23.5. The molecule has 0 amide bonds. The lowest BCUT2D eigenvalue weighted by atomic mass is 10.2. The molecule has 5 aromatic rings. The molecule has 0 unspecified atom stereocenters. The molecule has 1 aliphatic heterocycles. The Bertz CT molecular complexity index is 2200. The van der Waals surface area contributed by atoms with Crippen molar-refractivity contribution >= 4 is 49.8 Å². The fourth-order valence-corrected chi connectivity index (χ4v) is 13.7. The number of fused-ring (bicyclic) bond motifs is 1. The van der Waals surface area contributed by atoms with Crippen LogP contribution in [0, 0.1) is 6.92 Å². The van der Waals surface area contributed by atoms with Crippen molar-refractivity contribution in [3.05, 3.63) is 114 Å². The Hall–Kier alpha value is -3.99. The number of sulfone groups is 1. The van der Waals surface area contributed by atoms with Gasteiger partial charge in [0.05, 0.1) is 24.1 Å². The first-order chi connectivity index (χ1) is 23.1. The Labute approximate surface area is 286 Å². The van der Waals surface area contributed by atoms with Gasteiger partial charge in [0.25, 0.3) is 29.1 Å². The van der Waals surface area contributed by atoms with Crippen LogP contribution in [-0.4, -0.2) is 69.7 Å². The molecule has 258 valence electrons. The van der Waals surface area contributed by atoms with Gasteiger partial charge in [-0.2, -0.15) is 8.42 Å². The van der Waals surface area contributed by atoms with Crippen LogP contribution in [0.1, 0.15) is 32.8 Å². The highest BCUT2D eigenvalue weighted by Gasteiger charge is 2.60. The minimum Gasteiger partial charge on any atom is -0.405 e. The van der Waals surface area contributed by atoms with Crippen LogP contribution in [0.2, 0.25) is 5.04 Å². The summed E-state index contributed by atoms with van der Waals surface area (Å²) in [5.74, 6) is 0. The maximum atomic E-state index is 14.8. The predicted octanol–water partition coefficient (Wildman–Crippen LogP) is 3.22. The molecule has 0 spiro atoms. The van der Waals surface area contributed by atoms with Gasteiger partial charge >= 0.3 is 0 Å². The third kappa shape index (κ3) is 6.19. The number of ether oxygens (including phenoxy) is 1. The molecule has 0 bridgehead atoms. The largest absolute Gasteiger partial charge is 0.405 e. The van der Waals surface area contributed by atoms with Crippen molar-refractivity contribution in [2.75, 3.05) is 12.9 Å². The van der Waals surface area contributed by atoms with Crippen molar-refractivity contribution in [2.45, 2.75) is 61.3 Å². The predicted molar refractivity (Wildman–Crippen MR) is 187 cm³/mol. The van der Waals surface area contributed by atoms with Crippen LogP contribution >= 0.6 is 0 Å². The van der Waals surface area contributed by atoms with Crippen LogP contribution in [0.5, 0.6) is 0 Å². The van der Waals surface area contributed by atoms with E-state index < -0.39 is 62.6 Å². The number of aryl methyl sites for hydroxylation is 1. The van der Waals surface area contributed by atoms with Gasteiger partial charge in [-0.1, -0.05) is 99.1 Å². The second-order valence-corrected chi connectivity index (χ2v) is 21.2. The van der Waals surface area contributed by atoms with Crippen LogP contribution in [0.4, 0.5) is 0 Å². The third-order valence-electron chi connectivity index (χ3n) is 8.85. The standard InChI is InChI=1S/C34H38N4O8S2Si/c1-24-16-18-25(19-17-24)48(42,43)34(38-23-37-30-31(38)35-22-36-32(30)39)20-28(46-47(5,40)41)29(45-34)21-44-49(33(2,3)4,26-12-8-6-9-13-26)27-14-10-7-11-15-27/h6-19,22-23,28-29H,20-21H2,1-5H3,(H,35,36,39)/t28-,29+,34-/m0/s1. The van der Waals surface area contributed by atoms with E-state index >= 15 is 0 Å². The second-order valence-electron chi connectivity index (χ2n) is 13.2. The van der Waals surface area contributed by atoms with Crippen molar-refractivity contribution in [3.8, 4) is 0 Å². The van der Waals surface area contributed by atoms with Gasteiger partial charge in [-0.25, -0.2) is 18.4 Å². The van der Waals surface area contributed by atoms with E-state index in [1.165, 1.54) is 23.0 Å². The van der Waals surface area contributed by atoms with Crippen LogP contribution < -0.4 is 15.9 Å². The molecule has 0 saturated carbocycles. The molecule has 12 nitrogen and oxygen atoms in total. The number of hydrogen-bond acceptors (Lipinski definition) is 10. The van der Waals surface area contributed by atoms with Gasteiger partial charge in [-0.05, 0) is 34.5 Å². The van der Waals surface area contributed by atoms with Gasteiger partial charge in [0.2, 0.25) is 9.84 Å². The van der Waals surface area contributed by atoms with Gasteiger partial charge < -0.3 is 14.1 Å².